The molecule has 0 radical (unpaired) electrons. The molecule has 4 aliphatic rings. The molecule has 4 aliphatic carbocycles. The van der Waals surface area contributed by atoms with Gasteiger partial charge in [0, 0.05) is 5.92 Å². The predicted octanol–water partition coefficient (Wildman–Crippen LogP) is 3.28. The molecule has 0 aliphatic heterocycles. The molecule has 4 bridgehead atoms. The zero-order valence-corrected chi connectivity index (χ0v) is 12.5. The topological polar surface area (TPSA) is 51.0 Å². The molecular formula is C16H25N3O. The Kier molecular flexibility index (Phi) is 3.09. The quantitative estimate of drug-likeness (QED) is 0.916. The van der Waals surface area contributed by atoms with Gasteiger partial charge in [-0.25, -0.2) is 0 Å². The minimum absolute atomic E-state index is 0.165. The lowest BCUT2D eigenvalue weighted by Crippen LogP contribution is -2.43. The van der Waals surface area contributed by atoms with Crippen molar-refractivity contribution in [2.24, 2.45) is 23.7 Å². The Morgan fingerprint density at radius 1 is 1.10 bits per heavy atom. The third kappa shape index (κ3) is 2.00. The van der Waals surface area contributed by atoms with Gasteiger partial charge in [-0.3, -0.25) is 0 Å². The summed E-state index contributed by atoms with van der Waals surface area (Å²) < 4.78 is 6.04. The molecule has 1 heterocycles. The van der Waals surface area contributed by atoms with Crippen LogP contribution in [0.25, 0.3) is 0 Å². The third-order valence-corrected chi connectivity index (χ3v) is 5.85. The highest BCUT2D eigenvalue weighted by Gasteiger charge is 2.50. The lowest BCUT2D eigenvalue weighted by molar-refractivity contribution is -0.0119. The minimum atomic E-state index is 0.165. The van der Waals surface area contributed by atoms with E-state index in [0.29, 0.717) is 5.92 Å². The summed E-state index contributed by atoms with van der Waals surface area (Å²) in [6.07, 6.45) is 7.10. The standard InChI is InChI=1S/C16H25N3O/c1-3-17-9(2)15-18-19-16(20-15)14-12-5-10-4-11(7-12)8-13(14)6-10/h9-14,17H,3-8H2,1-2H3. The summed E-state index contributed by atoms with van der Waals surface area (Å²) in [7, 11) is 0. The maximum atomic E-state index is 6.04. The van der Waals surface area contributed by atoms with Crippen LogP contribution >= 0.6 is 0 Å². The van der Waals surface area contributed by atoms with Gasteiger partial charge in [-0.1, -0.05) is 6.92 Å². The monoisotopic (exact) mass is 275 g/mol. The van der Waals surface area contributed by atoms with Crippen LogP contribution in [0.15, 0.2) is 4.42 Å². The van der Waals surface area contributed by atoms with E-state index in [1.165, 1.54) is 32.1 Å². The molecule has 1 aromatic rings. The fourth-order valence-corrected chi connectivity index (χ4v) is 5.28. The van der Waals surface area contributed by atoms with Crippen LogP contribution < -0.4 is 5.32 Å². The third-order valence-electron chi connectivity index (χ3n) is 5.85. The first-order valence-corrected chi connectivity index (χ1v) is 8.31. The highest BCUT2D eigenvalue weighted by Crippen LogP contribution is 2.59. The molecule has 0 amide bonds. The summed E-state index contributed by atoms with van der Waals surface area (Å²) in [5, 5.41) is 12.0. The number of hydrogen-bond donors (Lipinski definition) is 1. The van der Waals surface area contributed by atoms with Gasteiger partial charge in [-0.05, 0) is 69.2 Å². The van der Waals surface area contributed by atoms with E-state index >= 15 is 0 Å². The second kappa shape index (κ2) is 4.83. The fourth-order valence-electron chi connectivity index (χ4n) is 5.28. The van der Waals surface area contributed by atoms with Gasteiger partial charge in [0.25, 0.3) is 0 Å². The number of aromatic nitrogens is 2. The van der Waals surface area contributed by atoms with Crippen molar-refractivity contribution < 1.29 is 4.42 Å². The van der Waals surface area contributed by atoms with Gasteiger partial charge in [0.05, 0.1) is 6.04 Å². The molecular weight excluding hydrogens is 250 g/mol. The Balaban J connectivity index is 1.56. The van der Waals surface area contributed by atoms with Crippen molar-refractivity contribution in [2.75, 3.05) is 6.54 Å². The van der Waals surface area contributed by atoms with Crippen molar-refractivity contribution in [3.8, 4) is 0 Å². The summed E-state index contributed by atoms with van der Waals surface area (Å²) in [4.78, 5) is 0. The average Bonchev–Trinajstić information content (AvgIpc) is 2.87. The Morgan fingerprint density at radius 3 is 2.35 bits per heavy atom. The van der Waals surface area contributed by atoms with Crippen LogP contribution in [-0.2, 0) is 0 Å². The van der Waals surface area contributed by atoms with Gasteiger partial charge in [-0.15, -0.1) is 10.2 Å². The van der Waals surface area contributed by atoms with Gasteiger partial charge in [-0.2, -0.15) is 0 Å². The van der Waals surface area contributed by atoms with E-state index in [1.807, 2.05) is 0 Å². The van der Waals surface area contributed by atoms with Gasteiger partial charge in [0.15, 0.2) is 0 Å². The van der Waals surface area contributed by atoms with Gasteiger partial charge >= 0.3 is 0 Å². The zero-order valence-electron chi connectivity index (χ0n) is 12.5. The second-order valence-electron chi connectivity index (χ2n) is 7.21. The van der Waals surface area contributed by atoms with Crippen LogP contribution in [0.1, 0.15) is 69.7 Å². The predicted molar refractivity (Wildman–Crippen MR) is 76.2 cm³/mol. The van der Waals surface area contributed by atoms with Crippen LogP contribution in [-0.4, -0.2) is 16.7 Å². The summed E-state index contributed by atoms with van der Waals surface area (Å²) >= 11 is 0. The summed E-state index contributed by atoms with van der Waals surface area (Å²) in [5.41, 5.74) is 0. The second-order valence-corrected chi connectivity index (χ2v) is 7.21. The smallest absolute Gasteiger partial charge is 0.233 e. The minimum Gasteiger partial charge on any atom is -0.423 e. The molecule has 1 atom stereocenters. The van der Waals surface area contributed by atoms with Crippen LogP contribution in [0, 0.1) is 23.7 Å². The number of nitrogens with one attached hydrogen (secondary N) is 1. The number of hydrogen-bond acceptors (Lipinski definition) is 4. The lowest BCUT2D eigenvalue weighted by Gasteiger charge is -2.53. The highest BCUT2D eigenvalue weighted by atomic mass is 16.4. The van der Waals surface area contributed by atoms with E-state index in [9.17, 15) is 0 Å². The molecule has 1 unspecified atom stereocenters. The molecule has 0 spiro atoms. The average molecular weight is 275 g/mol. The molecule has 0 saturated heterocycles. The van der Waals surface area contributed by atoms with Crippen molar-refractivity contribution in [3.63, 3.8) is 0 Å². The van der Waals surface area contributed by atoms with Crippen molar-refractivity contribution in [3.05, 3.63) is 11.8 Å². The number of nitrogens with zero attached hydrogens (tertiary/aromatic N) is 2. The van der Waals surface area contributed by atoms with Gasteiger partial charge in [0.2, 0.25) is 11.8 Å². The van der Waals surface area contributed by atoms with Crippen LogP contribution in [0.3, 0.4) is 0 Å². The molecule has 110 valence electrons. The van der Waals surface area contributed by atoms with Crippen LogP contribution in [0.2, 0.25) is 0 Å². The Hall–Kier alpha value is -0.900. The summed E-state index contributed by atoms with van der Waals surface area (Å²) in [5.74, 6) is 5.86. The molecule has 0 aromatic carbocycles. The van der Waals surface area contributed by atoms with Crippen molar-refractivity contribution in [2.45, 2.75) is 57.9 Å². The highest BCUT2D eigenvalue weighted by molar-refractivity contribution is 5.08. The van der Waals surface area contributed by atoms with Crippen molar-refractivity contribution >= 4 is 0 Å². The van der Waals surface area contributed by atoms with Crippen molar-refractivity contribution in [1.82, 2.24) is 15.5 Å². The molecule has 1 N–H and O–H groups in total. The van der Waals surface area contributed by atoms with E-state index in [-0.39, 0.29) is 6.04 Å². The molecule has 4 fully saturated rings. The van der Waals surface area contributed by atoms with E-state index in [0.717, 1.165) is 42.0 Å². The maximum Gasteiger partial charge on any atom is 0.233 e. The summed E-state index contributed by atoms with van der Waals surface area (Å²) in [6, 6.07) is 0.165. The van der Waals surface area contributed by atoms with Gasteiger partial charge in [0.1, 0.15) is 0 Å². The first-order valence-electron chi connectivity index (χ1n) is 8.31. The Bertz CT molecular complexity index is 456. The molecule has 4 saturated carbocycles. The van der Waals surface area contributed by atoms with Crippen LogP contribution in [0.4, 0.5) is 0 Å². The Morgan fingerprint density at radius 2 is 1.75 bits per heavy atom. The first kappa shape index (κ1) is 12.8. The van der Waals surface area contributed by atoms with Crippen LogP contribution in [0.5, 0.6) is 0 Å². The maximum absolute atomic E-state index is 6.04. The van der Waals surface area contributed by atoms with E-state index < -0.39 is 0 Å². The fraction of sp³-hybridized carbons (Fsp3) is 0.875. The van der Waals surface area contributed by atoms with E-state index in [2.05, 4.69) is 29.4 Å². The summed E-state index contributed by atoms with van der Waals surface area (Å²) in [6.45, 7) is 5.13. The Labute approximate surface area is 120 Å². The molecule has 4 nitrogen and oxygen atoms in total. The zero-order chi connectivity index (χ0) is 13.7. The largest absolute Gasteiger partial charge is 0.423 e. The molecule has 4 heteroatoms. The van der Waals surface area contributed by atoms with Crippen molar-refractivity contribution in [1.29, 1.82) is 0 Å². The first-order chi connectivity index (χ1) is 9.74. The molecule has 20 heavy (non-hydrogen) atoms. The molecule has 5 rings (SSSR count). The van der Waals surface area contributed by atoms with E-state index in [4.69, 9.17) is 4.42 Å². The van der Waals surface area contributed by atoms with Gasteiger partial charge < -0.3 is 9.73 Å². The SMILES string of the molecule is CCNC(C)c1nnc(C2C3CC4CC(C3)CC2C4)o1. The lowest BCUT2D eigenvalue weighted by atomic mass is 9.52. The number of rotatable bonds is 4. The normalized spacial score (nSPS) is 40.2. The molecule has 1 aromatic heterocycles. The van der Waals surface area contributed by atoms with E-state index in [1.54, 1.807) is 0 Å².